The molecule has 3 heteroatoms. The second kappa shape index (κ2) is 2.72. The molecular weight excluding hydrogens is 204 g/mol. The van der Waals surface area contributed by atoms with E-state index in [9.17, 15) is 0 Å². The highest BCUT2D eigenvalue weighted by Gasteiger charge is 2.63. The third-order valence-electron chi connectivity index (χ3n) is 4.18. The Morgan fingerprint density at radius 1 is 1.00 bits per heavy atom. The van der Waals surface area contributed by atoms with Gasteiger partial charge in [0.25, 0.3) is 0 Å². The van der Waals surface area contributed by atoms with Crippen molar-refractivity contribution in [2.75, 3.05) is 14.2 Å². The average molecular weight is 218 g/mol. The van der Waals surface area contributed by atoms with Gasteiger partial charge in [-0.3, -0.25) is 0 Å². The summed E-state index contributed by atoms with van der Waals surface area (Å²) in [6.45, 7) is 0. The molecule has 0 radical (unpaired) electrons. The molecule has 0 aromatic heterocycles. The number of ether oxygens (including phenoxy) is 3. The highest BCUT2D eigenvalue weighted by molar-refractivity contribution is 5.56. The fourth-order valence-corrected chi connectivity index (χ4v) is 3.40. The molecule has 0 N–H and O–H groups in total. The summed E-state index contributed by atoms with van der Waals surface area (Å²) in [6, 6.07) is 3.97. The second-order valence-electron chi connectivity index (χ2n) is 4.84. The second-order valence-corrected chi connectivity index (χ2v) is 4.84. The standard InChI is InChI=1S/C13H14O3/c1-14-8-3-4-9(15-2)11-10(8)12-6-5-7(6)13(11)16-12/h3-4,6-7,12-13H,5H2,1-2H3/t6-,7+,12-,13+. The van der Waals surface area contributed by atoms with Crippen LogP contribution in [0.4, 0.5) is 0 Å². The van der Waals surface area contributed by atoms with Crippen molar-refractivity contribution in [3.8, 4) is 11.5 Å². The summed E-state index contributed by atoms with van der Waals surface area (Å²) in [7, 11) is 3.44. The van der Waals surface area contributed by atoms with Crippen LogP contribution in [0.3, 0.4) is 0 Å². The van der Waals surface area contributed by atoms with Crippen LogP contribution in [0.2, 0.25) is 0 Å². The number of hydrogen-bond acceptors (Lipinski definition) is 3. The molecule has 1 aliphatic carbocycles. The molecule has 2 aliphatic heterocycles. The molecule has 2 heterocycles. The molecule has 0 amide bonds. The Hall–Kier alpha value is -1.22. The molecule has 1 saturated heterocycles. The fourth-order valence-electron chi connectivity index (χ4n) is 3.40. The van der Waals surface area contributed by atoms with E-state index in [4.69, 9.17) is 14.2 Å². The van der Waals surface area contributed by atoms with Crippen molar-refractivity contribution in [3.05, 3.63) is 23.3 Å². The van der Waals surface area contributed by atoms with Gasteiger partial charge in [-0.25, -0.2) is 0 Å². The smallest absolute Gasteiger partial charge is 0.125 e. The van der Waals surface area contributed by atoms with Gasteiger partial charge in [0.1, 0.15) is 11.5 Å². The molecule has 16 heavy (non-hydrogen) atoms. The lowest BCUT2D eigenvalue weighted by Gasteiger charge is -2.17. The predicted octanol–water partition coefficient (Wildman–Crippen LogP) is 2.47. The van der Waals surface area contributed by atoms with Crippen LogP contribution < -0.4 is 9.47 Å². The summed E-state index contributed by atoms with van der Waals surface area (Å²) in [5.74, 6) is 3.37. The maximum atomic E-state index is 6.03. The molecular formula is C13H14O3. The highest BCUT2D eigenvalue weighted by atomic mass is 16.5. The van der Waals surface area contributed by atoms with E-state index in [-0.39, 0.29) is 12.2 Å². The lowest BCUT2D eigenvalue weighted by Crippen LogP contribution is -2.05. The SMILES string of the molecule is COc1ccc(OC)c2c1[C@H]1O[C@@H]2[C@@H]2C[C@@H]21. The lowest BCUT2D eigenvalue weighted by molar-refractivity contribution is 0.0379. The van der Waals surface area contributed by atoms with Crippen LogP contribution >= 0.6 is 0 Å². The summed E-state index contributed by atoms with van der Waals surface area (Å²) in [4.78, 5) is 0. The summed E-state index contributed by atoms with van der Waals surface area (Å²) < 4.78 is 16.9. The van der Waals surface area contributed by atoms with E-state index in [0.717, 1.165) is 23.3 Å². The maximum absolute atomic E-state index is 6.03. The van der Waals surface area contributed by atoms with E-state index in [2.05, 4.69) is 0 Å². The van der Waals surface area contributed by atoms with E-state index in [0.29, 0.717) is 0 Å². The quantitative estimate of drug-likeness (QED) is 0.763. The van der Waals surface area contributed by atoms with E-state index >= 15 is 0 Å². The number of benzene rings is 1. The van der Waals surface area contributed by atoms with Crippen molar-refractivity contribution in [1.82, 2.24) is 0 Å². The number of rotatable bonds is 2. The highest BCUT2D eigenvalue weighted by Crippen LogP contribution is 2.71. The van der Waals surface area contributed by atoms with E-state index in [1.54, 1.807) is 14.2 Å². The van der Waals surface area contributed by atoms with Gasteiger partial charge in [-0.2, -0.15) is 0 Å². The normalized spacial score (nSPS) is 36.9. The predicted molar refractivity (Wildman–Crippen MR) is 57.7 cm³/mol. The van der Waals surface area contributed by atoms with Crippen molar-refractivity contribution < 1.29 is 14.2 Å². The first-order valence-electron chi connectivity index (χ1n) is 5.75. The van der Waals surface area contributed by atoms with Gasteiger partial charge >= 0.3 is 0 Å². The van der Waals surface area contributed by atoms with Crippen molar-refractivity contribution >= 4 is 0 Å². The molecule has 2 fully saturated rings. The first-order chi connectivity index (χ1) is 7.85. The monoisotopic (exact) mass is 218 g/mol. The van der Waals surface area contributed by atoms with Crippen molar-refractivity contribution in [2.45, 2.75) is 18.6 Å². The van der Waals surface area contributed by atoms with Gasteiger partial charge in [0, 0.05) is 11.1 Å². The Morgan fingerprint density at radius 2 is 1.50 bits per heavy atom. The molecule has 84 valence electrons. The molecule has 3 aliphatic rings. The Morgan fingerprint density at radius 3 is 1.94 bits per heavy atom. The Balaban J connectivity index is 1.96. The van der Waals surface area contributed by atoms with Gasteiger partial charge in [-0.05, 0) is 30.4 Å². The van der Waals surface area contributed by atoms with Gasteiger partial charge in [-0.1, -0.05) is 0 Å². The average Bonchev–Trinajstić information content (AvgIpc) is 2.94. The van der Waals surface area contributed by atoms with Gasteiger partial charge in [0.2, 0.25) is 0 Å². The van der Waals surface area contributed by atoms with Crippen LogP contribution in [-0.4, -0.2) is 14.2 Å². The van der Waals surface area contributed by atoms with E-state index < -0.39 is 0 Å². The number of fused-ring (bicyclic) bond motifs is 8. The third kappa shape index (κ3) is 0.846. The summed E-state index contributed by atoms with van der Waals surface area (Å²) in [5, 5.41) is 0. The molecule has 3 nitrogen and oxygen atoms in total. The number of hydrogen-bond donors (Lipinski definition) is 0. The van der Waals surface area contributed by atoms with Crippen LogP contribution in [0.25, 0.3) is 0 Å². The molecule has 2 bridgehead atoms. The molecule has 1 aromatic carbocycles. The van der Waals surface area contributed by atoms with Crippen molar-refractivity contribution in [3.63, 3.8) is 0 Å². The molecule has 1 saturated carbocycles. The molecule has 0 spiro atoms. The minimum atomic E-state index is 0.259. The third-order valence-corrected chi connectivity index (χ3v) is 4.18. The minimum Gasteiger partial charge on any atom is -0.496 e. The van der Waals surface area contributed by atoms with Crippen LogP contribution in [-0.2, 0) is 4.74 Å². The Labute approximate surface area is 94.3 Å². The van der Waals surface area contributed by atoms with Gasteiger partial charge in [0.15, 0.2) is 0 Å². The summed E-state index contributed by atoms with van der Waals surface area (Å²) in [6.07, 6.45) is 1.82. The zero-order chi connectivity index (χ0) is 10.9. The van der Waals surface area contributed by atoms with Crippen LogP contribution in [0.1, 0.15) is 29.8 Å². The minimum absolute atomic E-state index is 0.259. The van der Waals surface area contributed by atoms with Crippen molar-refractivity contribution in [1.29, 1.82) is 0 Å². The molecule has 0 unspecified atom stereocenters. The Kier molecular flexibility index (Phi) is 1.51. The maximum Gasteiger partial charge on any atom is 0.125 e. The van der Waals surface area contributed by atoms with Crippen LogP contribution in [0, 0.1) is 11.8 Å². The van der Waals surface area contributed by atoms with Crippen LogP contribution in [0.5, 0.6) is 11.5 Å². The van der Waals surface area contributed by atoms with E-state index in [1.165, 1.54) is 17.5 Å². The topological polar surface area (TPSA) is 27.7 Å². The first kappa shape index (κ1) is 8.88. The number of methoxy groups -OCH3 is 2. The first-order valence-corrected chi connectivity index (χ1v) is 5.75. The zero-order valence-corrected chi connectivity index (χ0v) is 9.40. The lowest BCUT2D eigenvalue weighted by atomic mass is 9.90. The summed E-state index contributed by atoms with van der Waals surface area (Å²) >= 11 is 0. The summed E-state index contributed by atoms with van der Waals surface area (Å²) in [5.41, 5.74) is 2.48. The van der Waals surface area contributed by atoms with E-state index in [1.807, 2.05) is 12.1 Å². The van der Waals surface area contributed by atoms with Crippen LogP contribution in [0.15, 0.2) is 12.1 Å². The molecule has 1 aromatic rings. The zero-order valence-electron chi connectivity index (χ0n) is 9.40. The largest absolute Gasteiger partial charge is 0.496 e. The molecule has 4 atom stereocenters. The van der Waals surface area contributed by atoms with Gasteiger partial charge in [0.05, 0.1) is 26.4 Å². The van der Waals surface area contributed by atoms with Gasteiger partial charge < -0.3 is 14.2 Å². The molecule has 4 rings (SSSR count). The Bertz CT molecular complexity index is 427. The van der Waals surface area contributed by atoms with Crippen molar-refractivity contribution in [2.24, 2.45) is 11.8 Å². The fraction of sp³-hybridized carbons (Fsp3) is 0.538. The van der Waals surface area contributed by atoms with Gasteiger partial charge in [-0.15, -0.1) is 0 Å².